The largest absolute Gasteiger partial charge is 0.286 e. The quantitative estimate of drug-likeness (QED) is 0.773. The minimum Gasteiger partial charge on any atom is -0.286 e. The van der Waals surface area contributed by atoms with Crippen LogP contribution in [0.1, 0.15) is 33.3 Å². The smallest absolute Gasteiger partial charge is 0.164 e. The molecule has 3 rings (SSSR count). The summed E-state index contributed by atoms with van der Waals surface area (Å²) in [6, 6.07) is 5.55. The topological polar surface area (TPSA) is 59.0 Å². The van der Waals surface area contributed by atoms with E-state index in [0.717, 1.165) is 21.0 Å². The normalized spacial score (nSPS) is 24.9. The van der Waals surface area contributed by atoms with Crippen LogP contribution >= 0.6 is 0 Å². The van der Waals surface area contributed by atoms with Gasteiger partial charge in [0.15, 0.2) is 5.82 Å². The molecule has 20 heavy (non-hydrogen) atoms. The summed E-state index contributed by atoms with van der Waals surface area (Å²) in [5.41, 5.74) is -0.445. The summed E-state index contributed by atoms with van der Waals surface area (Å²) in [5.74, 6) is 0.281. The number of hydrogen-bond donors (Lipinski definition) is 1. The van der Waals surface area contributed by atoms with Gasteiger partial charge >= 0.3 is 0 Å². The Labute approximate surface area is 117 Å². The Morgan fingerprint density at radius 3 is 2.45 bits per heavy atom. The van der Waals surface area contributed by atoms with Gasteiger partial charge in [-0.3, -0.25) is 10.2 Å². The summed E-state index contributed by atoms with van der Waals surface area (Å²) in [4.78, 5) is 4.20. The Balaban J connectivity index is 2.27. The van der Waals surface area contributed by atoms with Gasteiger partial charge in [-0.25, -0.2) is 5.06 Å². The second-order valence-corrected chi connectivity index (χ2v) is 6.27. The second kappa shape index (κ2) is 3.84. The Morgan fingerprint density at radius 1 is 1.15 bits per heavy atom. The first kappa shape index (κ1) is 13.1. The highest BCUT2D eigenvalue weighted by atomic mass is 16.6. The van der Waals surface area contributed by atoms with Crippen LogP contribution < -0.4 is 10.6 Å². The van der Waals surface area contributed by atoms with Crippen LogP contribution in [0.2, 0.25) is 0 Å². The van der Waals surface area contributed by atoms with Crippen LogP contribution in [0, 0.1) is 0 Å². The number of nitrogens with zero attached hydrogens (tertiary/aromatic N) is 3. The molecule has 1 aromatic rings. The van der Waals surface area contributed by atoms with Crippen molar-refractivity contribution in [1.29, 1.82) is 0 Å². The summed E-state index contributed by atoms with van der Waals surface area (Å²) in [5, 5.41) is 26.6. The summed E-state index contributed by atoms with van der Waals surface area (Å²) < 4.78 is 0. The average molecular weight is 272 g/mol. The Hall–Kier alpha value is -1.85. The summed E-state index contributed by atoms with van der Waals surface area (Å²) in [6.45, 7) is 7.37. The Kier molecular flexibility index (Phi) is 2.52. The number of rotatable bonds is 0. The standard InChI is InChI=1S/C15H18N3O2/c1-14(2)15(3,4)18(20)13(17(14)19)11-5-6-12-10(9-11)7-8-16-12/h5-9,19H,1-4H3/b13-11+. The SMILES string of the molecule is CC1(C)N([O])/C(=c2\ccc3c(c2)C=CN=3)N(O)C1(C)C. The molecule has 1 radical (unpaired) electrons. The van der Waals surface area contributed by atoms with Crippen molar-refractivity contribution in [1.82, 2.24) is 10.1 Å². The van der Waals surface area contributed by atoms with E-state index in [1.807, 2.05) is 52.0 Å². The van der Waals surface area contributed by atoms with Crippen LogP contribution in [0.5, 0.6) is 0 Å². The molecule has 0 unspecified atom stereocenters. The lowest BCUT2D eigenvalue weighted by Crippen LogP contribution is -2.52. The molecule has 1 N–H and O–H groups in total. The fourth-order valence-electron chi connectivity index (χ4n) is 2.51. The van der Waals surface area contributed by atoms with Gasteiger partial charge in [0.25, 0.3) is 0 Å². The molecule has 0 spiro atoms. The molecule has 5 heteroatoms. The lowest BCUT2D eigenvalue weighted by atomic mass is 9.84. The van der Waals surface area contributed by atoms with Crippen molar-refractivity contribution >= 4 is 11.9 Å². The van der Waals surface area contributed by atoms with Gasteiger partial charge in [-0.15, -0.1) is 0 Å². The zero-order valence-electron chi connectivity index (χ0n) is 12.1. The van der Waals surface area contributed by atoms with Crippen molar-refractivity contribution in [2.45, 2.75) is 38.8 Å². The van der Waals surface area contributed by atoms with Crippen molar-refractivity contribution in [3.63, 3.8) is 0 Å². The van der Waals surface area contributed by atoms with Gasteiger partial charge in [-0.1, -0.05) is 5.21 Å². The van der Waals surface area contributed by atoms with E-state index >= 15 is 0 Å². The number of benzene rings is 1. The third-order valence-electron chi connectivity index (χ3n) is 4.68. The first-order valence-corrected chi connectivity index (χ1v) is 6.62. The maximum absolute atomic E-state index is 12.6. The van der Waals surface area contributed by atoms with Gasteiger partial charge in [-0.2, -0.15) is 5.06 Å². The van der Waals surface area contributed by atoms with Crippen LogP contribution in [0.25, 0.3) is 11.9 Å². The molecule has 1 fully saturated rings. The van der Waals surface area contributed by atoms with Crippen LogP contribution in [-0.4, -0.2) is 26.4 Å². The zero-order valence-corrected chi connectivity index (χ0v) is 12.1. The third-order valence-corrected chi connectivity index (χ3v) is 4.68. The summed E-state index contributed by atoms with van der Waals surface area (Å²) >= 11 is 0. The van der Waals surface area contributed by atoms with Crippen molar-refractivity contribution in [2.24, 2.45) is 4.99 Å². The third kappa shape index (κ3) is 1.47. The molecule has 0 aromatic heterocycles. The molecule has 105 valence electrons. The number of hydroxylamine groups is 4. The fraction of sp³-hybridized carbons (Fsp3) is 0.400. The lowest BCUT2D eigenvalue weighted by Gasteiger charge is -2.36. The predicted molar refractivity (Wildman–Crippen MR) is 74.0 cm³/mol. The van der Waals surface area contributed by atoms with Gasteiger partial charge in [0, 0.05) is 17.0 Å². The van der Waals surface area contributed by atoms with Crippen LogP contribution in [-0.2, 0) is 5.21 Å². The molecule has 2 aliphatic heterocycles. The highest BCUT2D eigenvalue weighted by Crippen LogP contribution is 2.43. The molecule has 0 amide bonds. The van der Waals surface area contributed by atoms with Crippen LogP contribution in [0.3, 0.4) is 0 Å². The Bertz CT molecular complexity index is 697. The van der Waals surface area contributed by atoms with Gasteiger partial charge in [0.05, 0.1) is 16.4 Å². The van der Waals surface area contributed by atoms with Crippen LogP contribution in [0.4, 0.5) is 0 Å². The molecule has 2 aliphatic rings. The molecule has 0 atom stereocenters. The van der Waals surface area contributed by atoms with E-state index in [1.54, 1.807) is 6.20 Å². The van der Waals surface area contributed by atoms with Crippen molar-refractivity contribution in [3.05, 3.63) is 40.5 Å². The maximum Gasteiger partial charge on any atom is 0.164 e. The molecule has 2 heterocycles. The summed E-state index contributed by atoms with van der Waals surface area (Å²) in [7, 11) is 0. The fourth-order valence-corrected chi connectivity index (χ4v) is 2.51. The molecule has 0 bridgehead atoms. The average Bonchev–Trinajstić information content (AvgIpc) is 2.89. The maximum atomic E-state index is 12.6. The highest BCUT2D eigenvalue weighted by molar-refractivity contribution is 5.55. The second-order valence-electron chi connectivity index (χ2n) is 6.27. The van der Waals surface area contributed by atoms with E-state index < -0.39 is 11.1 Å². The molecule has 0 aliphatic carbocycles. The van der Waals surface area contributed by atoms with Crippen molar-refractivity contribution in [3.8, 4) is 0 Å². The van der Waals surface area contributed by atoms with E-state index in [2.05, 4.69) is 4.99 Å². The minimum atomic E-state index is -0.726. The molecular weight excluding hydrogens is 254 g/mol. The van der Waals surface area contributed by atoms with Gasteiger partial charge in [0.1, 0.15) is 0 Å². The van der Waals surface area contributed by atoms with E-state index in [4.69, 9.17) is 0 Å². The van der Waals surface area contributed by atoms with Gasteiger partial charge < -0.3 is 0 Å². The van der Waals surface area contributed by atoms with Gasteiger partial charge in [-0.05, 0) is 52.0 Å². The van der Waals surface area contributed by atoms with E-state index in [-0.39, 0.29) is 5.82 Å². The molecular formula is C15H18N3O2. The van der Waals surface area contributed by atoms with Crippen LogP contribution in [0.15, 0.2) is 29.4 Å². The number of hydrogen-bond acceptors (Lipinski definition) is 4. The van der Waals surface area contributed by atoms with E-state index in [1.165, 1.54) is 0 Å². The minimum absolute atomic E-state index is 0.281. The van der Waals surface area contributed by atoms with Gasteiger partial charge in [0.2, 0.25) is 0 Å². The van der Waals surface area contributed by atoms with E-state index in [0.29, 0.717) is 5.22 Å². The Morgan fingerprint density at radius 2 is 1.85 bits per heavy atom. The predicted octanol–water partition coefficient (Wildman–Crippen LogP) is 1.27. The van der Waals surface area contributed by atoms with E-state index in [9.17, 15) is 10.4 Å². The van der Waals surface area contributed by atoms with Crippen molar-refractivity contribution in [2.75, 3.05) is 0 Å². The summed E-state index contributed by atoms with van der Waals surface area (Å²) in [6.07, 6.45) is 3.62. The first-order valence-electron chi connectivity index (χ1n) is 6.62. The highest BCUT2D eigenvalue weighted by Gasteiger charge is 2.56. The molecule has 1 saturated heterocycles. The number of fused-ring (bicyclic) bond motifs is 1. The lowest BCUT2D eigenvalue weighted by molar-refractivity contribution is -0.167. The monoisotopic (exact) mass is 272 g/mol. The molecule has 1 aromatic carbocycles. The zero-order chi connectivity index (χ0) is 14.7. The first-order chi connectivity index (χ1) is 9.26. The molecule has 0 saturated carbocycles. The molecule has 5 nitrogen and oxygen atoms in total. The van der Waals surface area contributed by atoms with Crippen molar-refractivity contribution < 1.29 is 10.4 Å².